The Hall–Kier alpha value is -2.87. The molecular formula is C16H18N4O3S. The van der Waals surface area contributed by atoms with Crippen LogP contribution in [-0.2, 0) is 16.6 Å². The number of sulfonamides is 1. The zero-order valence-corrected chi connectivity index (χ0v) is 13.9. The summed E-state index contributed by atoms with van der Waals surface area (Å²) < 4.78 is 27.5. The van der Waals surface area contributed by atoms with Crippen molar-refractivity contribution in [3.05, 3.63) is 65.7 Å². The third-order valence-electron chi connectivity index (χ3n) is 3.07. The highest BCUT2D eigenvalue weighted by Gasteiger charge is 2.14. The molecule has 0 spiro atoms. The Balaban J connectivity index is 1.97. The van der Waals surface area contributed by atoms with Crippen LogP contribution in [0.15, 0.2) is 63.9 Å². The van der Waals surface area contributed by atoms with Gasteiger partial charge in [0.2, 0.25) is 5.96 Å². The summed E-state index contributed by atoms with van der Waals surface area (Å²) in [5.41, 5.74) is 7.32. The van der Waals surface area contributed by atoms with Crippen LogP contribution >= 0.6 is 0 Å². The van der Waals surface area contributed by atoms with Gasteiger partial charge in [-0.3, -0.25) is 5.32 Å². The Labute approximate surface area is 140 Å². The average Bonchev–Trinajstić information content (AvgIpc) is 2.53. The number of carbonyl (C=O) groups is 1. The lowest BCUT2D eigenvalue weighted by atomic mass is 10.2. The molecule has 0 aliphatic rings. The molecule has 0 unspecified atom stereocenters. The molecule has 2 aromatic carbocycles. The smallest absolute Gasteiger partial charge is 0.321 e. The minimum atomic E-state index is -3.97. The second-order valence-corrected chi connectivity index (χ2v) is 6.66. The highest BCUT2D eigenvalue weighted by atomic mass is 32.2. The fourth-order valence-corrected chi connectivity index (χ4v) is 2.74. The van der Waals surface area contributed by atoms with Crippen molar-refractivity contribution in [3.63, 3.8) is 0 Å². The van der Waals surface area contributed by atoms with E-state index in [1.807, 2.05) is 37.3 Å². The van der Waals surface area contributed by atoms with E-state index in [0.717, 1.165) is 11.1 Å². The summed E-state index contributed by atoms with van der Waals surface area (Å²) in [6, 6.07) is 14.8. The largest absolute Gasteiger partial charge is 0.369 e. The first-order chi connectivity index (χ1) is 11.4. The number of nitrogens with zero attached hydrogens (tertiary/aromatic N) is 1. The maximum absolute atomic E-state index is 12.1. The van der Waals surface area contributed by atoms with Crippen molar-refractivity contribution < 1.29 is 13.2 Å². The number of rotatable bonds is 4. The van der Waals surface area contributed by atoms with Crippen molar-refractivity contribution in [2.24, 2.45) is 10.1 Å². The van der Waals surface area contributed by atoms with E-state index in [2.05, 4.69) is 15.0 Å². The van der Waals surface area contributed by atoms with Gasteiger partial charge in [-0.05, 0) is 24.6 Å². The number of carbonyl (C=O) groups excluding carboxylic acids is 1. The quantitative estimate of drug-likeness (QED) is 0.575. The molecule has 0 bridgehead atoms. The van der Waals surface area contributed by atoms with Crippen molar-refractivity contribution in [1.82, 2.24) is 10.6 Å². The Morgan fingerprint density at radius 1 is 1.08 bits per heavy atom. The second kappa shape index (κ2) is 7.60. The number of nitrogens with two attached hydrogens (primary N) is 1. The van der Waals surface area contributed by atoms with E-state index < -0.39 is 22.0 Å². The van der Waals surface area contributed by atoms with Gasteiger partial charge >= 0.3 is 6.03 Å². The van der Waals surface area contributed by atoms with E-state index >= 15 is 0 Å². The van der Waals surface area contributed by atoms with E-state index in [0.29, 0.717) is 0 Å². The Morgan fingerprint density at radius 3 is 2.33 bits per heavy atom. The maximum Gasteiger partial charge on any atom is 0.321 e. The molecule has 0 radical (unpaired) electrons. The molecule has 126 valence electrons. The number of urea groups is 1. The third-order valence-corrected chi connectivity index (χ3v) is 4.38. The Kier molecular flexibility index (Phi) is 5.54. The van der Waals surface area contributed by atoms with E-state index in [4.69, 9.17) is 5.73 Å². The van der Waals surface area contributed by atoms with Crippen LogP contribution in [-0.4, -0.2) is 20.4 Å². The first kappa shape index (κ1) is 17.5. The van der Waals surface area contributed by atoms with Gasteiger partial charge in [0, 0.05) is 6.54 Å². The molecule has 0 saturated heterocycles. The van der Waals surface area contributed by atoms with Gasteiger partial charge < -0.3 is 11.1 Å². The predicted octanol–water partition coefficient (Wildman–Crippen LogP) is 1.50. The summed E-state index contributed by atoms with van der Waals surface area (Å²) in [5, 5.41) is 4.74. The molecule has 0 aliphatic heterocycles. The second-order valence-electron chi connectivity index (χ2n) is 5.06. The summed E-state index contributed by atoms with van der Waals surface area (Å²) in [6.45, 7) is 2.12. The minimum Gasteiger partial charge on any atom is -0.369 e. The number of guanidine groups is 1. The SMILES string of the molecule is Cc1ccc(S(=O)(=O)/N=C(\N)NC(=O)NCc2ccccc2)cc1. The summed E-state index contributed by atoms with van der Waals surface area (Å²) in [5.74, 6) is -0.499. The van der Waals surface area contributed by atoms with Crippen LogP contribution < -0.4 is 16.4 Å². The zero-order chi connectivity index (χ0) is 17.6. The number of nitrogens with one attached hydrogen (secondary N) is 2. The molecule has 7 nitrogen and oxygen atoms in total. The van der Waals surface area contributed by atoms with Gasteiger partial charge in [-0.15, -0.1) is 4.40 Å². The van der Waals surface area contributed by atoms with E-state index in [1.165, 1.54) is 12.1 Å². The maximum atomic E-state index is 12.1. The van der Waals surface area contributed by atoms with Gasteiger partial charge in [0.15, 0.2) is 0 Å². The van der Waals surface area contributed by atoms with Gasteiger partial charge in [0.25, 0.3) is 10.0 Å². The molecule has 0 fully saturated rings. The molecule has 0 aliphatic carbocycles. The summed E-state index contributed by atoms with van der Waals surface area (Å²) in [6.07, 6.45) is 0. The van der Waals surface area contributed by atoms with E-state index in [-0.39, 0.29) is 11.4 Å². The van der Waals surface area contributed by atoms with Crippen LogP contribution in [0, 0.1) is 6.92 Å². The Morgan fingerprint density at radius 2 is 1.71 bits per heavy atom. The highest BCUT2D eigenvalue weighted by Crippen LogP contribution is 2.12. The first-order valence-electron chi connectivity index (χ1n) is 7.13. The number of hydrogen-bond donors (Lipinski definition) is 3. The molecule has 2 amide bonds. The lowest BCUT2D eigenvalue weighted by Gasteiger charge is -2.07. The van der Waals surface area contributed by atoms with Crippen LogP contribution in [0.2, 0.25) is 0 Å². The lowest BCUT2D eigenvalue weighted by molar-refractivity contribution is 0.245. The molecule has 8 heteroatoms. The molecule has 0 heterocycles. The fourth-order valence-electron chi connectivity index (χ4n) is 1.85. The van der Waals surface area contributed by atoms with Gasteiger partial charge in [-0.1, -0.05) is 48.0 Å². The van der Waals surface area contributed by atoms with E-state index in [1.54, 1.807) is 12.1 Å². The summed E-state index contributed by atoms with van der Waals surface area (Å²) >= 11 is 0. The third kappa shape index (κ3) is 5.10. The minimum absolute atomic E-state index is 0.00236. The summed E-state index contributed by atoms with van der Waals surface area (Å²) in [7, 11) is -3.97. The van der Waals surface area contributed by atoms with E-state index in [9.17, 15) is 13.2 Å². The van der Waals surface area contributed by atoms with Gasteiger partial charge in [-0.25, -0.2) is 4.79 Å². The van der Waals surface area contributed by atoms with Crippen molar-refractivity contribution in [2.45, 2.75) is 18.4 Å². The van der Waals surface area contributed by atoms with Crippen molar-refractivity contribution in [3.8, 4) is 0 Å². The number of amides is 2. The van der Waals surface area contributed by atoms with Crippen LogP contribution in [0.25, 0.3) is 0 Å². The monoisotopic (exact) mass is 346 g/mol. The number of hydrogen-bond acceptors (Lipinski definition) is 3. The molecule has 0 aromatic heterocycles. The highest BCUT2D eigenvalue weighted by molar-refractivity contribution is 7.90. The predicted molar refractivity (Wildman–Crippen MR) is 91.8 cm³/mol. The van der Waals surface area contributed by atoms with Gasteiger partial charge in [0.05, 0.1) is 4.90 Å². The Bertz CT molecular complexity index is 831. The standard InChI is InChI=1S/C16H18N4O3S/c1-12-7-9-14(10-8-12)24(22,23)20-15(17)19-16(21)18-11-13-5-3-2-4-6-13/h2-10H,11H2,1H3,(H4,17,18,19,20,21). The first-order valence-corrected chi connectivity index (χ1v) is 8.57. The van der Waals surface area contributed by atoms with Gasteiger partial charge in [0.1, 0.15) is 0 Å². The molecule has 2 aromatic rings. The van der Waals surface area contributed by atoms with Crippen LogP contribution in [0.1, 0.15) is 11.1 Å². The average molecular weight is 346 g/mol. The summed E-state index contributed by atoms with van der Waals surface area (Å²) in [4.78, 5) is 11.7. The molecule has 24 heavy (non-hydrogen) atoms. The van der Waals surface area contributed by atoms with Crippen molar-refractivity contribution in [2.75, 3.05) is 0 Å². The number of aryl methyl sites for hydroxylation is 1. The van der Waals surface area contributed by atoms with Crippen LogP contribution in [0.4, 0.5) is 4.79 Å². The van der Waals surface area contributed by atoms with Crippen LogP contribution in [0.5, 0.6) is 0 Å². The molecule has 0 atom stereocenters. The topological polar surface area (TPSA) is 114 Å². The molecule has 2 rings (SSSR count). The van der Waals surface area contributed by atoms with Crippen LogP contribution in [0.3, 0.4) is 0 Å². The molecule has 0 saturated carbocycles. The normalized spacial score (nSPS) is 11.8. The molecular weight excluding hydrogens is 328 g/mol. The van der Waals surface area contributed by atoms with Crippen molar-refractivity contribution >= 4 is 22.0 Å². The zero-order valence-electron chi connectivity index (χ0n) is 13.1. The van der Waals surface area contributed by atoms with Gasteiger partial charge in [-0.2, -0.15) is 8.42 Å². The number of benzene rings is 2. The molecule has 4 N–H and O–H groups in total. The fraction of sp³-hybridized carbons (Fsp3) is 0.125. The lowest BCUT2D eigenvalue weighted by Crippen LogP contribution is -2.43. The van der Waals surface area contributed by atoms with Crippen molar-refractivity contribution in [1.29, 1.82) is 0 Å².